The van der Waals surface area contributed by atoms with Crippen LogP contribution in [0.2, 0.25) is 0 Å². The number of fused-ring (bicyclic) bond motifs is 1. The van der Waals surface area contributed by atoms with Crippen molar-refractivity contribution in [3.8, 4) is 0 Å². The summed E-state index contributed by atoms with van der Waals surface area (Å²) >= 11 is 2.91. The number of nitrogen functional groups attached to an aromatic ring is 1. The van der Waals surface area contributed by atoms with Gasteiger partial charge in [-0.25, -0.2) is 13.8 Å². The van der Waals surface area contributed by atoms with Gasteiger partial charge in [-0.1, -0.05) is 0 Å². The van der Waals surface area contributed by atoms with Gasteiger partial charge in [-0.15, -0.1) is 0 Å². The van der Waals surface area contributed by atoms with Gasteiger partial charge in [0.1, 0.15) is 17.2 Å². The maximum Gasteiger partial charge on any atom is 0.224 e. The summed E-state index contributed by atoms with van der Waals surface area (Å²) in [6.07, 6.45) is 1.41. The Balaban J connectivity index is 2.09. The zero-order valence-corrected chi connectivity index (χ0v) is 11.4. The topological polar surface area (TPSA) is 92.5 Å². The molecule has 0 saturated carbocycles. The third-order valence-electron chi connectivity index (χ3n) is 2.57. The molecule has 0 radical (unpaired) electrons. The summed E-state index contributed by atoms with van der Waals surface area (Å²) in [5, 5.41) is 2.67. The van der Waals surface area contributed by atoms with Crippen LogP contribution < -0.4 is 11.1 Å². The fraction of sp³-hybridized carbons (Fsp3) is 0. The highest BCUT2D eigenvalue weighted by molar-refractivity contribution is 9.10. The number of hydrogen-bond donors (Lipinski definition) is 3. The highest BCUT2D eigenvalue weighted by Crippen LogP contribution is 2.27. The molecule has 2 heterocycles. The van der Waals surface area contributed by atoms with E-state index >= 15 is 0 Å². The van der Waals surface area contributed by atoms with Crippen LogP contribution in [-0.2, 0) is 0 Å². The van der Waals surface area contributed by atoms with Crippen molar-refractivity contribution in [1.82, 2.24) is 19.9 Å². The predicted molar refractivity (Wildman–Crippen MR) is 73.4 cm³/mol. The second kappa shape index (κ2) is 4.67. The molecule has 4 N–H and O–H groups in total. The summed E-state index contributed by atoms with van der Waals surface area (Å²) in [6.45, 7) is 0. The van der Waals surface area contributed by atoms with Crippen molar-refractivity contribution in [2.45, 2.75) is 0 Å². The fourth-order valence-electron chi connectivity index (χ4n) is 1.69. The van der Waals surface area contributed by atoms with Gasteiger partial charge in [-0.3, -0.25) is 0 Å². The molecule has 102 valence electrons. The van der Waals surface area contributed by atoms with E-state index in [1.807, 2.05) is 0 Å². The Kier molecular flexibility index (Phi) is 2.97. The second-order valence-corrected chi connectivity index (χ2v) is 4.76. The van der Waals surface area contributed by atoms with E-state index in [9.17, 15) is 8.78 Å². The van der Waals surface area contributed by atoms with E-state index in [1.165, 1.54) is 6.33 Å². The van der Waals surface area contributed by atoms with Crippen LogP contribution in [0.25, 0.3) is 11.2 Å². The lowest BCUT2D eigenvalue weighted by Gasteiger charge is -2.08. The molecule has 9 heteroatoms. The molecule has 0 fully saturated rings. The number of H-pyrrole nitrogens is 1. The molecule has 0 amide bonds. The van der Waals surface area contributed by atoms with Gasteiger partial charge in [-0.2, -0.15) is 9.97 Å². The number of anilines is 3. The van der Waals surface area contributed by atoms with Crippen molar-refractivity contribution in [3.05, 3.63) is 34.6 Å². The number of aromatic amines is 1. The van der Waals surface area contributed by atoms with Crippen molar-refractivity contribution in [1.29, 1.82) is 0 Å². The molecular formula is C11H7BrF2N6. The molecule has 3 rings (SSSR count). The zero-order valence-electron chi connectivity index (χ0n) is 9.78. The van der Waals surface area contributed by atoms with Crippen LogP contribution in [0.15, 0.2) is 22.9 Å². The molecule has 2 aromatic heterocycles. The Labute approximate surface area is 119 Å². The molecule has 0 aliphatic rings. The first-order valence-corrected chi connectivity index (χ1v) is 6.22. The van der Waals surface area contributed by atoms with E-state index in [0.29, 0.717) is 11.2 Å². The molecule has 0 unspecified atom stereocenters. The van der Waals surface area contributed by atoms with Gasteiger partial charge in [0.05, 0.1) is 16.5 Å². The number of nitrogens with zero attached hydrogens (tertiary/aromatic N) is 3. The standard InChI is InChI=1S/C11H7BrF2N6/c12-4-1-6(14)7(2-5(4)13)18-10-8-9(17-3-16-8)19-11(15)20-10/h1-3H,(H4,15,16,17,18,19,20). The minimum absolute atomic E-state index is 0.0231. The first kappa shape index (κ1) is 12.7. The highest BCUT2D eigenvalue weighted by atomic mass is 79.9. The molecule has 3 aromatic rings. The number of benzene rings is 1. The third-order valence-corrected chi connectivity index (χ3v) is 3.17. The van der Waals surface area contributed by atoms with Crippen molar-refractivity contribution in [2.75, 3.05) is 11.1 Å². The molecule has 0 spiro atoms. The van der Waals surface area contributed by atoms with Gasteiger partial charge in [0.2, 0.25) is 5.95 Å². The molecule has 0 aliphatic carbocycles. The number of nitrogens with two attached hydrogens (primary N) is 1. The van der Waals surface area contributed by atoms with E-state index in [1.54, 1.807) is 0 Å². The van der Waals surface area contributed by atoms with E-state index in [2.05, 4.69) is 41.2 Å². The molecular weight excluding hydrogens is 334 g/mol. The van der Waals surface area contributed by atoms with Gasteiger partial charge in [0, 0.05) is 6.07 Å². The Bertz CT molecular complexity index is 803. The number of rotatable bonds is 2. The molecule has 0 saturated heterocycles. The minimum atomic E-state index is -0.636. The van der Waals surface area contributed by atoms with Gasteiger partial charge in [0.15, 0.2) is 11.5 Å². The smallest absolute Gasteiger partial charge is 0.224 e. The Morgan fingerprint density at radius 2 is 2.00 bits per heavy atom. The first-order valence-electron chi connectivity index (χ1n) is 5.43. The second-order valence-electron chi connectivity index (χ2n) is 3.90. The third kappa shape index (κ3) is 2.16. The monoisotopic (exact) mass is 340 g/mol. The van der Waals surface area contributed by atoms with Gasteiger partial charge < -0.3 is 16.0 Å². The van der Waals surface area contributed by atoms with Crippen LogP contribution >= 0.6 is 15.9 Å². The Morgan fingerprint density at radius 3 is 2.80 bits per heavy atom. The molecule has 0 bridgehead atoms. The van der Waals surface area contributed by atoms with Gasteiger partial charge in [-0.05, 0) is 22.0 Å². The first-order chi connectivity index (χ1) is 9.54. The van der Waals surface area contributed by atoms with E-state index in [4.69, 9.17) is 5.73 Å². The summed E-state index contributed by atoms with van der Waals surface area (Å²) in [4.78, 5) is 14.6. The number of hydrogen-bond acceptors (Lipinski definition) is 5. The molecule has 6 nitrogen and oxygen atoms in total. The lowest BCUT2D eigenvalue weighted by atomic mass is 10.3. The normalized spacial score (nSPS) is 10.9. The van der Waals surface area contributed by atoms with Crippen LogP contribution in [0, 0.1) is 11.6 Å². The molecule has 20 heavy (non-hydrogen) atoms. The lowest BCUT2D eigenvalue weighted by molar-refractivity contribution is 0.598. The maximum atomic E-state index is 13.8. The predicted octanol–water partition coefficient (Wildman–Crippen LogP) is 2.72. The van der Waals surface area contributed by atoms with Crippen LogP contribution in [0.1, 0.15) is 0 Å². The SMILES string of the molecule is Nc1nc(Nc2cc(F)c(Br)cc2F)c2[nH]cnc2n1. The largest absolute Gasteiger partial charge is 0.368 e. The Hall–Kier alpha value is -2.29. The summed E-state index contributed by atoms with van der Waals surface area (Å²) in [7, 11) is 0. The molecule has 0 atom stereocenters. The number of halogens is 3. The number of imidazole rings is 1. The fourth-order valence-corrected chi connectivity index (χ4v) is 2.00. The average Bonchev–Trinajstić information content (AvgIpc) is 2.84. The quantitative estimate of drug-likeness (QED) is 0.624. The highest BCUT2D eigenvalue weighted by Gasteiger charge is 2.13. The van der Waals surface area contributed by atoms with Crippen molar-refractivity contribution >= 4 is 44.5 Å². The van der Waals surface area contributed by atoms with E-state index in [-0.39, 0.29) is 21.9 Å². The number of nitrogens with one attached hydrogen (secondary N) is 2. The summed E-state index contributed by atoms with van der Waals surface area (Å²) < 4.78 is 27.3. The molecule has 0 aliphatic heterocycles. The van der Waals surface area contributed by atoms with E-state index < -0.39 is 11.6 Å². The van der Waals surface area contributed by atoms with Crippen molar-refractivity contribution in [3.63, 3.8) is 0 Å². The van der Waals surface area contributed by atoms with Crippen LogP contribution in [-0.4, -0.2) is 19.9 Å². The number of aromatic nitrogens is 4. The van der Waals surface area contributed by atoms with Gasteiger partial charge >= 0.3 is 0 Å². The maximum absolute atomic E-state index is 13.8. The van der Waals surface area contributed by atoms with Crippen molar-refractivity contribution in [2.24, 2.45) is 0 Å². The minimum Gasteiger partial charge on any atom is -0.368 e. The van der Waals surface area contributed by atoms with Crippen molar-refractivity contribution < 1.29 is 8.78 Å². The summed E-state index contributed by atoms with van der Waals surface area (Å²) in [5.74, 6) is -1.05. The van der Waals surface area contributed by atoms with Crippen LogP contribution in [0.3, 0.4) is 0 Å². The summed E-state index contributed by atoms with van der Waals surface area (Å²) in [6, 6.07) is 2.03. The van der Waals surface area contributed by atoms with Crippen LogP contribution in [0.4, 0.5) is 26.2 Å². The Morgan fingerprint density at radius 1 is 1.20 bits per heavy atom. The molecule has 1 aromatic carbocycles. The van der Waals surface area contributed by atoms with Crippen LogP contribution in [0.5, 0.6) is 0 Å². The van der Waals surface area contributed by atoms with E-state index in [0.717, 1.165) is 12.1 Å². The zero-order chi connectivity index (χ0) is 14.3. The summed E-state index contributed by atoms with van der Waals surface area (Å²) in [5.41, 5.74) is 6.25. The average molecular weight is 341 g/mol. The lowest BCUT2D eigenvalue weighted by Crippen LogP contribution is -2.03. The van der Waals surface area contributed by atoms with Gasteiger partial charge in [0.25, 0.3) is 0 Å².